The molecule has 0 bridgehead atoms. The van der Waals surface area contributed by atoms with Crippen LogP contribution < -0.4 is 11.2 Å². The third-order valence-electron chi connectivity index (χ3n) is 4.86. The van der Waals surface area contributed by atoms with Gasteiger partial charge in [0, 0.05) is 20.1 Å². The van der Waals surface area contributed by atoms with Crippen molar-refractivity contribution in [3.05, 3.63) is 50.2 Å². The predicted octanol–water partition coefficient (Wildman–Crippen LogP) is 2.83. The van der Waals surface area contributed by atoms with E-state index in [1.165, 1.54) is 0 Å². The molecule has 0 amide bonds. The van der Waals surface area contributed by atoms with E-state index in [2.05, 4.69) is 10.1 Å². The van der Waals surface area contributed by atoms with Gasteiger partial charge in [-0.1, -0.05) is 17.8 Å². The maximum absolute atomic E-state index is 12.6. The highest BCUT2D eigenvalue weighted by Gasteiger charge is 2.31. The Morgan fingerprint density at radius 2 is 1.85 bits per heavy atom. The number of hydrogen-bond donors (Lipinski definition) is 1. The number of imidazole rings is 1. The van der Waals surface area contributed by atoms with E-state index in [-0.39, 0.29) is 22.5 Å². The topological polar surface area (TPSA) is 77.1 Å². The summed E-state index contributed by atoms with van der Waals surface area (Å²) in [6.45, 7) is 5.99. The molecule has 4 rings (SSSR count). The summed E-state index contributed by atoms with van der Waals surface area (Å²) in [5.41, 5.74) is 3.24. The summed E-state index contributed by atoms with van der Waals surface area (Å²) in [4.78, 5) is 29.5. The molecule has 3 aromatic rings. The number of fused-ring (bicyclic) bond motifs is 2. The van der Waals surface area contributed by atoms with Gasteiger partial charge in [-0.05, 0) is 38.5 Å². The van der Waals surface area contributed by atoms with Crippen molar-refractivity contribution in [2.45, 2.75) is 32.1 Å². The van der Waals surface area contributed by atoms with Gasteiger partial charge in [0.25, 0.3) is 5.56 Å². The van der Waals surface area contributed by atoms with E-state index in [1.807, 2.05) is 43.7 Å². The minimum atomic E-state index is -0.147. The number of aliphatic imine (C=N–C) groups is 1. The Kier molecular flexibility index (Phi) is 3.76. The largest absolute Gasteiger partial charge is 0.328 e. The lowest BCUT2D eigenvalue weighted by Crippen LogP contribution is -2.19. The number of aryl methyl sites for hydroxylation is 2. The van der Waals surface area contributed by atoms with Crippen molar-refractivity contribution < 1.29 is 0 Å². The van der Waals surface area contributed by atoms with Gasteiger partial charge in [-0.2, -0.15) is 0 Å². The summed E-state index contributed by atoms with van der Waals surface area (Å²) in [6.07, 6.45) is 0. The number of hydrogen-bond acceptors (Lipinski definition) is 4. The number of benzene rings is 1. The molecule has 0 saturated carbocycles. The summed E-state index contributed by atoms with van der Waals surface area (Å²) in [5.74, 6) is 0.702. The highest BCUT2D eigenvalue weighted by molar-refractivity contribution is 8.14. The van der Waals surface area contributed by atoms with Crippen molar-refractivity contribution in [3.63, 3.8) is 0 Å². The van der Waals surface area contributed by atoms with Crippen LogP contribution >= 0.6 is 11.8 Å². The highest BCUT2D eigenvalue weighted by Crippen LogP contribution is 2.44. The maximum atomic E-state index is 12.6. The van der Waals surface area contributed by atoms with Gasteiger partial charge in [-0.25, -0.2) is 9.79 Å². The molecule has 8 heteroatoms. The summed E-state index contributed by atoms with van der Waals surface area (Å²) in [7, 11) is 3.53. The third kappa shape index (κ3) is 2.32. The third-order valence-corrected chi connectivity index (χ3v) is 6.04. The molecule has 26 heavy (non-hydrogen) atoms. The van der Waals surface area contributed by atoms with Crippen molar-refractivity contribution in [1.29, 1.82) is 0 Å². The molecule has 0 unspecified atom stereocenters. The van der Waals surface area contributed by atoms with Gasteiger partial charge in [0.2, 0.25) is 0 Å². The van der Waals surface area contributed by atoms with Crippen molar-refractivity contribution in [1.82, 2.24) is 18.9 Å². The zero-order chi connectivity index (χ0) is 18.7. The molecule has 0 fully saturated rings. The SMILES string of the molecule is CC1=Nc2c(c(=O)[nH]n2C(C)C)[C@@H](c2ccc3c(c2)n(C)c(=O)n3C)S1. The zero-order valence-corrected chi connectivity index (χ0v) is 16.2. The number of nitrogens with one attached hydrogen (secondary N) is 1. The molecule has 1 aliphatic rings. The molecule has 1 atom stereocenters. The van der Waals surface area contributed by atoms with E-state index < -0.39 is 0 Å². The second kappa shape index (κ2) is 5.77. The lowest BCUT2D eigenvalue weighted by atomic mass is 10.1. The molecule has 136 valence electrons. The molecule has 0 spiro atoms. The van der Waals surface area contributed by atoms with Gasteiger partial charge >= 0.3 is 5.69 Å². The molecule has 3 heterocycles. The fraction of sp³-hybridized carbons (Fsp3) is 0.389. The number of H-pyrrole nitrogens is 1. The van der Waals surface area contributed by atoms with Crippen LogP contribution in [-0.4, -0.2) is 24.0 Å². The summed E-state index contributed by atoms with van der Waals surface area (Å²) in [5, 5.41) is 3.69. The average molecular weight is 371 g/mol. The van der Waals surface area contributed by atoms with E-state index in [0.717, 1.165) is 21.6 Å². The first kappa shape index (κ1) is 17.0. The van der Waals surface area contributed by atoms with E-state index in [1.54, 1.807) is 35.0 Å². The van der Waals surface area contributed by atoms with Crippen molar-refractivity contribution >= 4 is 33.7 Å². The second-order valence-corrected chi connectivity index (χ2v) is 8.22. The van der Waals surface area contributed by atoms with E-state index in [4.69, 9.17) is 0 Å². The van der Waals surface area contributed by atoms with Crippen molar-refractivity contribution in [2.24, 2.45) is 19.1 Å². The lowest BCUT2D eigenvalue weighted by molar-refractivity contribution is 0.533. The summed E-state index contributed by atoms with van der Waals surface area (Å²) >= 11 is 1.57. The van der Waals surface area contributed by atoms with Crippen LogP contribution in [0.4, 0.5) is 5.82 Å². The number of rotatable bonds is 2. The molecule has 1 N–H and O–H groups in total. The minimum absolute atomic E-state index is 0.0595. The Balaban J connectivity index is 1.94. The Bertz CT molecular complexity index is 1170. The first-order chi connectivity index (χ1) is 12.3. The first-order valence-electron chi connectivity index (χ1n) is 8.51. The Labute approximate surface area is 154 Å². The Hall–Kier alpha value is -2.48. The molecule has 2 aromatic heterocycles. The van der Waals surface area contributed by atoms with Crippen LogP contribution in [0.25, 0.3) is 11.0 Å². The van der Waals surface area contributed by atoms with Crippen LogP contribution in [0.3, 0.4) is 0 Å². The van der Waals surface area contributed by atoms with Crippen molar-refractivity contribution in [3.8, 4) is 0 Å². The molecular weight excluding hydrogens is 350 g/mol. The van der Waals surface area contributed by atoms with E-state index >= 15 is 0 Å². The average Bonchev–Trinajstić information content (AvgIpc) is 3.04. The van der Waals surface area contributed by atoms with Gasteiger partial charge in [-0.3, -0.25) is 23.7 Å². The second-order valence-electron chi connectivity index (χ2n) is 6.92. The Morgan fingerprint density at radius 3 is 2.54 bits per heavy atom. The zero-order valence-electron chi connectivity index (χ0n) is 15.4. The lowest BCUT2D eigenvalue weighted by Gasteiger charge is -2.21. The van der Waals surface area contributed by atoms with Crippen molar-refractivity contribution in [2.75, 3.05) is 0 Å². The van der Waals surface area contributed by atoms with Crippen LogP contribution in [0.1, 0.15) is 43.2 Å². The maximum Gasteiger partial charge on any atom is 0.328 e. The normalized spacial score (nSPS) is 17.0. The quantitative estimate of drug-likeness (QED) is 0.752. The standard InChI is InChI=1S/C18H21N5O2S/c1-9(2)23-16-14(17(24)20-23)15(26-10(3)19-16)11-6-7-12-13(8-11)22(5)18(25)21(12)4/h6-9,15H,1-5H3,(H,20,24)/t15-/m1/s1. The molecule has 7 nitrogen and oxygen atoms in total. The van der Waals surface area contributed by atoms with Gasteiger partial charge in [0.1, 0.15) is 0 Å². The molecule has 0 saturated heterocycles. The molecule has 0 aliphatic carbocycles. The summed E-state index contributed by atoms with van der Waals surface area (Å²) in [6, 6.07) is 6.06. The fourth-order valence-electron chi connectivity index (χ4n) is 3.50. The first-order valence-corrected chi connectivity index (χ1v) is 9.39. The van der Waals surface area contributed by atoms with Crippen LogP contribution in [0.5, 0.6) is 0 Å². The van der Waals surface area contributed by atoms with Gasteiger partial charge in [-0.15, -0.1) is 0 Å². The van der Waals surface area contributed by atoms with Crippen LogP contribution in [-0.2, 0) is 14.1 Å². The number of aromatic nitrogens is 4. The monoisotopic (exact) mass is 371 g/mol. The summed E-state index contributed by atoms with van der Waals surface area (Å²) < 4.78 is 5.09. The van der Waals surface area contributed by atoms with Gasteiger partial charge in [0.15, 0.2) is 5.82 Å². The van der Waals surface area contributed by atoms with Gasteiger partial charge in [0.05, 0.1) is 26.9 Å². The number of aromatic amines is 1. The van der Waals surface area contributed by atoms with Gasteiger partial charge < -0.3 is 0 Å². The molecule has 0 radical (unpaired) electrons. The van der Waals surface area contributed by atoms with E-state index in [0.29, 0.717) is 11.4 Å². The Morgan fingerprint density at radius 1 is 1.15 bits per heavy atom. The molecular formula is C18H21N5O2S. The molecule has 1 aliphatic heterocycles. The van der Waals surface area contributed by atoms with Crippen LogP contribution in [0.15, 0.2) is 32.8 Å². The van der Waals surface area contributed by atoms with Crippen LogP contribution in [0.2, 0.25) is 0 Å². The van der Waals surface area contributed by atoms with E-state index in [9.17, 15) is 9.59 Å². The number of nitrogens with zero attached hydrogens (tertiary/aromatic N) is 4. The minimum Gasteiger partial charge on any atom is -0.295 e. The predicted molar refractivity (Wildman–Crippen MR) is 106 cm³/mol. The highest BCUT2D eigenvalue weighted by atomic mass is 32.2. The molecule has 1 aromatic carbocycles. The van der Waals surface area contributed by atoms with Crippen LogP contribution in [0, 0.1) is 0 Å². The smallest absolute Gasteiger partial charge is 0.295 e. The fourth-order valence-corrected chi connectivity index (χ4v) is 4.60. The number of thioether (sulfide) groups is 1.